The second kappa shape index (κ2) is 6.33. The average molecular weight is 313 g/mol. The maximum Gasteiger partial charge on any atom is 0.175 e. The van der Waals surface area contributed by atoms with Gasteiger partial charge in [-0.2, -0.15) is 0 Å². The molecule has 0 N–H and O–H groups in total. The van der Waals surface area contributed by atoms with Crippen LogP contribution in [0.1, 0.15) is 10.4 Å². The summed E-state index contributed by atoms with van der Waals surface area (Å²) in [5, 5.41) is 1.06. The molecule has 0 aromatic heterocycles. The number of carbonyl (C=O) groups excluding carboxylic acids is 1. The zero-order chi connectivity index (χ0) is 13.8. The van der Waals surface area contributed by atoms with E-state index < -0.39 is 10.8 Å². The van der Waals surface area contributed by atoms with Gasteiger partial charge in [0.15, 0.2) is 5.78 Å². The normalized spacial score (nSPS) is 12.1. The molecule has 2 rings (SSSR count). The molecule has 0 aliphatic rings. The molecule has 0 radical (unpaired) electrons. The quantitative estimate of drug-likeness (QED) is 0.800. The molecule has 0 saturated heterocycles. The van der Waals surface area contributed by atoms with Crippen LogP contribution in [0.15, 0.2) is 53.4 Å². The maximum atomic E-state index is 12.0. The molecular weight excluding hydrogens is 303 g/mol. The summed E-state index contributed by atoms with van der Waals surface area (Å²) in [7, 11) is -1.38. The minimum Gasteiger partial charge on any atom is -0.293 e. The first-order chi connectivity index (χ1) is 9.06. The first-order valence-corrected chi connectivity index (χ1v) is 7.56. The van der Waals surface area contributed by atoms with Gasteiger partial charge in [0.05, 0.1) is 16.6 Å². The summed E-state index contributed by atoms with van der Waals surface area (Å²) in [5.74, 6) is -0.266. The zero-order valence-electron chi connectivity index (χ0n) is 9.81. The van der Waals surface area contributed by atoms with Gasteiger partial charge in [0.2, 0.25) is 0 Å². The van der Waals surface area contributed by atoms with Crippen LogP contribution in [-0.4, -0.2) is 15.7 Å². The van der Waals surface area contributed by atoms with Crippen LogP contribution in [-0.2, 0) is 10.8 Å². The molecule has 0 amide bonds. The molecule has 0 aliphatic carbocycles. The number of hydrogen-bond acceptors (Lipinski definition) is 2. The molecule has 1 atom stereocenters. The number of hydrogen-bond donors (Lipinski definition) is 0. The van der Waals surface area contributed by atoms with Crippen LogP contribution in [0.25, 0.3) is 0 Å². The summed E-state index contributed by atoms with van der Waals surface area (Å²) in [6, 6.07) is 13.2. The van der Waals surface area contributed by atoms with E-state index in [0.29, 0.717) is 20.5 Å². The number of Topliss-reactive ketones (excluding diaryl/α,β-unsaturated/α-hetero) is 1. The zero-order valence-corrected chi connectivity index (χ0v) is 12.1. The second-order valence-corrected chi connectivity index (χ2v) is 6.20. The third kappa shape index (κ3) is 3.90. The lowest BCUT2D eigenvalue weighted by molar-refractivity contribution is 0.102. The van der Waals surface area contributed by atoms with E-state index >= 15 is 0 Å². The Labute approximate surface area is 123 Å². The lowest BCUT2D eigenvalue weighted by Crippen LogP contribution is -2.11. The van der Waals surface area contributed by atoms with Crippen LogP contribution in [0, 0.1) is 0 Å². The summed E-state index contributed by atoms with van der Waals surface area (Å²) >= 11 is 11.6. The molecule has 5 heteroatoms. The minimum atomic E-state index is -1.38. The number of carbonyl (C=O) groups is 1. The predicted molar refractivity (Wildman–Crippen MR) is 78.5 cm³/mol. The van der Waals surface area contributed by atoms with Crippen LogP contribution in [0.2, 0.25) is 10.0 Å². The number of ketones is 1. The van der Waals surface area contributed by atoms with Crippen molar-refractivity contribution in [2.24, 2.45) is 0 Å². The van der Waals surface area contributed by atoms with Gasteiger partial charge >= 0.3 is 0 Å². The van der Waals surface area contributed by atoms with Gasteiger partial charge in [0, 0.05) is 20.5 Å². The highest BCUT2D eigenvalue weighted by Gasteiger charge is 2.12. The van der Waals surface area contributed by atoms with E-state index in [4.69, 9.17) is 23.2 Å². The molecular formula is C14H10Cl2O2S. The van der Waals surface area contributed by atoms with Crippen molar-refractivity contribution in [1.82, 2.24) is 0 Å². The highest BCUT2D eigenvalue weighted by atomic mass is 35.5. The maximum absolute atomic E-state index is 12.0. The van der Waals surface area contributed by atoms with Gasteiger partial charge < -0.3 is 0 Å². The molecule has 19 heavy (non-hydrogen) atoms. The van der Waals surface area contributed by atoms with Gasteiger partial charge in [-0.1, -0.05) is 35.3 Å². The monoisotopic (exact) mass is 312 g/mol. The Balaban J connectivity index is 2.11. The van der Waals surface area contributed by atoms with Crippen molar-refractivity contribution in [2.45, 2.75) is 4.90 Å². The first kappa shape index (κ1) is 14.3. The summed E-state index contributed by atoms with van der Waals surface area (Å²) in [5.41, 5.74) is 0.467. The van der Waals surface area contributed by atoms with Crippen molar-refractivity contribution in [3.8, 4) is 0 Å². The number of halogens is 2. The summed E-state index contributed by atoms with van der Waals surface area (Å²) in [4.78, 5) is 12.6. The molecule has 98 valence electrons. The van der Waals surface area contributed by atoms with Crippen LogP contribution in [0.4, 0.5) is 0 Å². The van der Waals surface area contributed by atoms with Crippen LogP contribution in [0.5, 0.6) is 0 Å². The van der Waals surface area contributed by atoms with Gasteiger partial charge in [0.25, 0.3) is 0 Å². The van der Waals surface area contributed by atoms with Gasteiger partial charge in [-0.3, -0.25) is 9.00 Å². The van der Waals surface area contributed by atoms with E-state index in [1.807, 2.05) is 0 Å². The van der Waals surface area contributed by atoms with Crippen LogP contribution < -0.4 is 0 Å². The molecule has 0 aliphatic heterocycles. The van der Waals surface area contributed by atoms with Gasteiger partial charge in [0.1, 0.15) is 0 Å². The summed E-state index contributed by atoms with van der Waals surface area (Å²) in [6.45, 7) is 0. The van der Waals surface area contributed by atoms with Crippen molar-refractivity contribution >= 4 is 39.8 Å². The lowest BCUT2D eigenvalue weighted by atomic mass is 10.1. The van der Waals surface area contributed by atoms with Gasteiger partial charge in [-0.05, 0) is 36.4 Å². The SMILES string of the molecule is O=C(CS(=O)c1ccc(Cl)cc1)c1cccc(Cl)c1. The highest BCUT2D eigenvalue weighted by molar-refractivity contribution is 7.85. The fraction of sp³-hybridized carbons (Fsp3) is 0.0714. The van der Waals surface area contributed by atoms with E-state index in [1.54, 1.807) is 48.5 Å². The van der Waals surface area contributed by atoms with Crippen LogP contribution >= 0.6 is 23.2 Å². The molecule has 2 aromatic rings. The van der Waals surface area contributed by atoms with E-state index in [-0.39, 0.29) is 11.5 Å². The average Bonchev–Trinajstić information content (AvgIpc) is 2.39. The van der Waals surface area contributed by atoms with Gasteiger partial charge in [-0.25, -0.2) is 0 Å². The molecule has 0 fully saturated rings. The number of benzene rings is 2. The third-order valence-electron chi connectivity index (χ3n) is 2.49. The summed E-state index contributed by atoms with van der Waals surface area (Å²) in [6.07, 6.45) is 0. The lowest BCUT2D eigenvalue weighted by Gasteiger charge is -2.03. The predicted octanol–water partition coefficient (Wildman–Crippen LogP) is 3.98. The smallest absolute Gasteiger partial charge is 0.175 e. The standard InChI is InChI=1S/C14H10Cl2O2S/c15-11-4-6-13(7-5-11)19(18)9-14(17)10-2-1-3-12(16)8-10/h1-8H,9H2. The van der Waals surface area contributed by atoms with Crippen molar-refractivity contribution in [1.29, 1.82) is 0 Å². The fourth-order valence-electron chi connectivity index (χ4n) is 1.53. The second-order valence-electron chi connectivity index (χ2n) is 3.88. The third-order valence-corrected chi connectivity index (χ3v) is 4.29. The van der Waals surface area contributed by atoms with E-state index in [1.165, 1.54) is 0 Å². The van der Waals surface area contributed by atoms with Gasteiger partial charge in [-0.15, -0.1) is 0 Å². The van der Waals surface area contributed by atoms with Crippen molar-refractivity contribution < 1.29 is 9.00 Å². The molecule has 0 heterocycles. The molecule has 1 unspecified atom stereocenters. The van der Waals surface area contributed by atoms with E-state index in [2.05, 4.69) is 0 Å². The Morgan fingerprint density at radius 1 is 1.00 bits per heavy atom. The molecule has 0 bridgehead atoms. The van der Waals surface area contributed by atoms with E-state index in [9.17, 15) is 9.00 Å². The van der Waals surface area contributed by atoms with Crippen molar-refractivity contribution in [2.75, 3.05) is 5.75 Å². The number of rotatable bonds is 4. The molecule has 0 saturated carbocycles. The molecule has 0 spiro atoms. The Morgan fingerprint density at radius 3 is 2.32 bits per heavy atom. The fourth-order valence-corrected chi connectivity index (χ4v) is 2.86. The highest BCUT2D eigenvalue weighted by Crippen LogP contribution is 2.15. The largest absolute Gasteiger partial charge is 0.293 e. The topological polar surface area (TPSA) is 34.1 Å². The Bertz CT molecular complexity index is 624. The molecule has 2 nitrogen and oxygen atoms in total. The Hall–Kier alpha value is -1.16. The van der Waals surface area contributed by atoms with Crippen molar-refractivity contribution in [3.63, 3.8) is 0 Å². The minimum absolute atomic E-state index is 0.0675. The van der Waals surface area contributed by atoms with Crippen molar-refractivity contribution in [3.05, 3.63) is 64.1 Å². The Kier molecular flexibility index (Phi) is 4.75. The summed E-state index contributed by atoms with van der Waals surface area (Å²) < 4.78 is 12.0. The molecule has 2 aromatic carbocycles. The Morgan fingerprint density at radius 2 is 1.68 bits per heavy atom. The van der Waals surface area contributed by atoms with Crippen LogP contribution in [0.3, 0.4) is 0 Å². The first-order valence-electron chi connectivity index (χ1n) is 5.49. The van der Waals surface area contributed by atoms with E-state index in [0.717, 1.165) is 0 Å².